The van der Waals surface area contributed by atoms with Crippen LogP contribution in [0.15, 0.2) is 30.3 Å². The van der Waals surface area contributed by atoms with E-state index in [2.05, 4.69) is 76.1 Å². The molecule has 2 aliphatic heterocycles. The molecule has 6 heteroatoms. The number of aromatic nitrogens is 3. The van der Waals surface area contributed by atoms with Gasteiger partial charge in [-0.3, -0.25) is 10.2 Å². The molecule has 1 aliphatic carbocycles. The van der Waals surface area contributed by atoms with E-state index >= 15 is 0 Å². The van der Waals surface area contributed by atoms with Gasteiger partial charge in [0.1, 0.15) is 11.6 Å². The molecule has 3 heterocycles. The number of benzene rings is 1. The van der Waals surface area contributed by atoms with Crippen LogP contribution in [0.25, 0.3) is 0 Å². The standard InChI is InChI=1S/C28H43N5O/c1-20(2)28-31-30-21(3)33(28)25-17-23-13-14-24(18-25)32(23)16-15-27(22-9-5-4-6-10-22)29-19-34-26-11-7-8-12-26/h4-6,9-10,20,23-27,29H,7-8,11-19H2,1-3H3/t23?,24?,25?,27-/m0/s1. The summed E-state index contributed by atoms with van der Waals surface area (Å²) in [6.45, 7) is 8.39. The average molecular weight is 466 g/mol. The Morgan fingerprint density at radius 2 is 1.68 bits per heavy atom. The molecule has 0 radical (unpaired) electrons. The first-order valence-corrected chi connectivity index (χ1v) is 13.7. The van der Waals surface area contributed by atoms with E-state index in [4.69, 9.17) is 4.74 Å². The Morgan fingerprint density at radius 3 is 2.35 bits per heavy atom. The highest BCUT2D eigenvalue weighted by atomic mass is 16.5. The highest BCUT2D eigenvalue weighted by molar-refractivity contribution is 5.19. The maximum Gasteiger partial charge on any atom is 0.135 e. The van der Waals surface area contributed by atoms with Crippen molar-refractivity contribution in [1.82, 2.24) is 25.0 Å². The third kappa shape index (κ3) is 5.24. The number of nitrogens with zero attached hydrogens (tertiary/aromatic N) is 4. The lowest BCUT2D eigenvalue weighted by molar-refractivity contribution is 0.0366. The predicted molar refractivity (Wildman–Crippen MR) is 136 cm³/mol. The number of fused-ring (bicyclic) bond motifs is 2. The largest absolute Gasteiger partial charge is 0.363 e. The average Bonchev–Trinajstić information content (AvgIpc) is 3.55. The Labute approximate surface area is 205 Å². The third-order valence-electron chi connectivity index (χ3n) is 8.46. The molecule has 5 rings (SSSR count). The molecule has 1 aromatic heterocycles. The van der Waals surface area contributed by atoms with Gasteiger partial charge in [-0.15, -0.1) is 10.2 Å². The van der Waals surface area contributed by atoms with Crippen LogP contribution in [0, 0.1) is 6.92 Å². The van der Waals surface area contributed by atoms with Crippen LogP contribution in [-0.2, 0) is 4.74 Å². The summed E-state index contributed by atoms with van der Waals surface area (Å²) in [5, 5.41) is 12.7. The fourth-order valence-corrected chi connectivity index (χ4v) is 6.72. The first-order chi connectivity index (χ1) is 16.6. The molecular formula is C28H43N5O. The van der Waals surface area contributed by atoms with Crippen molar-refractivity contribution in [2.75, 3.05) is 13.3 Å². The Morgan fingerprint density at radius 1 is 0.971 bits per heavy atom. The summed E-state index contributed by atoms with van der Waals surface area (Å²) in [5.74, 6) is 2.66. The second kappa shape index (κ2) is 10.9. The number of rotatable bonds is 10. The molecule has 0 amide bonds. The summed E-state index contributed by atoms with van der Waals surface area (Å²) in [6.07, 6.45) is 11.8. The van der Waals surface area contributed by atoms with Gasteiger partial charge in [-0.05, 0) is 57.4 Å². The van der Waals surface area contributed by atoms with Crippen LogP contribution >= 0.6 is 0 Å². The first-order valence-electron chi connectivity index (χ1n) is 13.7. The molecule has 6 nitrogen and oxygen atoms in total. The lowest BCUT2D eigenvalue weighted by atomic mass is 9.95. The fraction of sp³-hybridized carbons (Fsp3) is 0.714. The van der Waals surface area contributed by atoms with E-state index in [0.29, 0.717) is 42.9 Å². The van der Waals surface area contributed by atoms with Crippen molar-refractivity contribution < 1.29 is 4.74 Å². The number of hydrogen-bond donors (Lipinski definition) is 1. The minimum absolute atomic E-state index is 0.340. The molecule has 34 heavy (non-hydrogen) atoms. The van der Waals surface area contributed by atoms with Crippen LogP contribution in [0.2, 0.25) is 0 Å². The van der Waals surface area contributed by atoms with Crippen LogP contribution in [0.4, 0.5) is 0 Å². The molecule has 2 aromatic rings. The SMILES string of the molecule is Cc1nnc(C(C)C)n1C1CC2CCC(C1)N2CC[C@H](NCOC1CCCC1)c1ccccc1. The zero-order valence-electron chi connectivity index (χ0n) is 21.3. The lowest BCUT2D eigenvalue weighted by Gasteiger charge is -2.40. The number of aryl methyl sites for hydroxylation is 1. The molecule has 1 aromatic carbocycles. The molecule has 1 saturated carbocycles. The molecule has 0 spiro atoms. The summed E-state index contributed by atoms with van der Waals surface area (Å²) < 4.78 is 8.62. The number of hydrogen-bond acceptors (Lipinski definition) is 5. The van der Waals surface area contributed by atoms with Gasteiger partial charge in [0.2, 0.25) is 0 Å². The van der Waals surface area contributed by atoms with E-state index in [1.807, 2.05) is 0 Å². The van der Waals surface area contributed by atoms with E-state index in [9.17, 15) is 0 Å². The summed E-state index contributed by atoms with van der Waals surface area (Å²) in [6, 6.07) is 13.2. The van der Waals surface area contributed by atoms with E-state index in [1.54, 1.807) is 0 Å². The van der Waals surface area contributed by atoms with Gasteiger partial charge in [0.05, 0.1) is 12.8 Å². The van der Waals surface area contributed by atoms with Gasteiger partial charge in [-0.2, -0.15) is 0 Å². The van der Waals surface area contributed by atoms with Crippen molar-refractivity contribution >= 4 is 0 Å². The third-order valence-corrected chi connectivity index (χ3v) is 8.46. The van der Waals surface area contributed by atoms with Crippen LogP contribution in [0.1, 0.15) is 107 Å². The smallest absolute Gasteiger partial charge is 0.135 e. The van der Waals surface area contributed by atoms with Crippen molar-refractivity contribution in [2.45, 2.75) is 115 Å². The van der Waals surface area contributed by atoms with Gasteiger partial charge in [0, 0.05) is 36.6 Å². The minimum Gasteiger partial charge on any atom is -0.363 e. The molecule has 3 atom stereocenters. The van der Waals surface area contributed by atoms with Gasteiger partial charge in [0.15, 0.2) is 0 Å². The molecule has 3 aliphatic rings. The van der Waals surface area contributed by atoms with Crippen LogP contribution in [0.5, 0.6) is 0 Å². The van der Waals surface area contributed by atoms with Crippen LogP contribution in [-0.4, -0.2) is 51.1 Å². The van der Waals surface area contributed by atoms with Crippen molar-refractivity contribution in [3.05, 3.63) is 47.5 Å². The molecule has 2 unspecified atom stereocenters. The Bertz CT molecular complexity index is 893. The minimum atomic E-state index is 0.340. The maximum atomic E-state index is 6.16. The van der Waals surface area contributed by atoms with Crippen molar-refractivity contribution in [3.63, 3.8) is 0 Å². The van der Waals surface area contributed by atoms with Crippen molar-refractivity contribution in [2.24, 2.45) is 0 Å². The van der Waals surface area contributed by atoms with Gasteiger partial charge >= 0.3 is 0 Å². The summed E-state index contributed by atoms with van der Waals surface area (Å²) in [7, 11) is 0. The highest BCUT2D eigenvalue weighted by Gasteiger charge is 2.42. The van der Waals surface area contributed by atoms with E-state index in [-0.39, 0.29) is 0 Å². The van der Waals surface area contributed by atoms with E-state index in [1.165, 1.54) is 56.9 Å². The van der Waals surface area contributed by atoms with Gasteiger partial charge in [-0.1, -0.05) is 57.0 Å². The molecule has 2 bridgehead atoms. The normalized spacial score (nSPS) is 26.5. The zero-order chi connectivity index (χ0) is 23.5. The van der Waals surface area contributed by atoms with E-state index in [0.717, 1.165) is 24.6 Å². The summed E-state index contributed by atoms with van der Waals surface area (Å²) in [5.41, 5.74) is 1.38. The van der Waals surface area contributed by atoms with Gasteiger partial charge < -0.3 is 9.30 Å². The maximum absolute atomic E-state index is 6.16. The summed E-state index contributed by atoms with van der Waals surface area (Å²) >= 11 is 0. The Balaban J connectivity index is 1.21. The van der Waals surface area contributed by atoms with Gasteiger partial charge in [0.25, 0.3) is 0 Å². The van der Waals surface area contributed by atoms with Crippen LogP contribution < -0.4 is 5.32 Å². The highest BCUT2D eigenvalue weighted by Crippen LogP contribution is 2.42. The van der Waals surface area contributed by atoms with Crippen LogP contribution in [0.3, 0.4) is 0 Å². The molecule has 3 fully saturated rings. The van der Waals surface area contributed by atoms with Gasteiger partial charge in [-0.25, -0.2) is 0 Å². The Kier molecular flexibility index (Phi) is 7.67. The molecule has 1 N–H and O–H groups in total. The fourth-order valence-electron chi connectivity index (χ4n) is 6.72. The second-order valence-electron chi connectivity index (χ2n) is 11.1. The predicted octanol–water partition coefficient (Wildman–Crippen LogP) is 5.52. The van der Waals surface area contributed by atoms with Crippen molar-refractivity contribution in [3.8, 4) is 0 Å². The summed E-state index contributed by atoms with van der Waals surface area (Å²) in [4.78, 5) is 2.82. The zero-order valence-corrected chi connectivity index (χ0v) is 21.3. The quantitative estimate of drug-likeness (QED) is 0.469. The number of ether oxygens (including phenoxy) is 1. The second-order valence-corrected chi connectivity index (χ2v) is 11.1. The molecule has 2 saturated heterocycles. The van der Waals surface area contributed by atoms with E-state index < -0.39 is 0 Å². The Hall–Kier alpha value is -1.76. The lowest BCUT2D eigenvalue weighted by Crippen LogP contribution is -2.45. The topological polar surface area (TPSA) is 55.2 Å². The van der Waals surface area contributed by atoms with Crippen molar-refractivity contribution in [1.29, 1.82) is 0 Å². The first kappa shape index (κ1) is 24.0. The number of nitrogens with one attached hydrogen (secondary N) is 1. The molecular weight excluding hydrogens is 422 g/mol. The molecule has 186 valence electrons. The number of piperidine rings is 1. The monoisotopic (exact) mass is 465 g/mol.